The predicted octanol–water partition coefficient (Wildman–Crippen LogP) is 1.61. The van der Waals surface area contributed by atoms with Crippen LogP contribution in [0, 0.1) is 11.8 Å². The molecule has 5 nitrogen and oxygen atoms in total. The van der Waals surface area contributed by atoms with Crippen LogP contribution in [0.5, 0.6) is 0 Å². The maximum atomic E-state index is 12.8. The summed E-state index contributed by atoms with van der Waals surface area (Å²) in [6, 6.07) is 9.67. The molecule has 2 saturated heterocycles. The Morgan fingerprint density at radius 1 is 1.41 bits per heavy atom. The van der Waals surface area contributed by atoms with Gasteiger partial charge in [0.15, 0.2) is 0 Å². The molecule has 3 aliphatic heterocycles. The summed E-state index contributed by atoms with van der Waals surface area (Å²) in [7, 11) is 0. The second-order valence-electron chi connectivity index (χ2n) is 6.29. The molecule has 1 N–H and O–H groups in total. The molecule has 0 aliphatic carbocycles. The number of amides is 1. The summed E-state index contributed by atoms with van der Waals surface area (Å²) < 4.78 is 5.89. The lowest BCUT2D eigenvalue weighted by molar-refractivity contribution is -0.148. The number of carboxylic acids is 1. The van der Waals surface area contributed by atoms with Crippen molar-refractivity contribution in [2.24, 2.45) is 11.8 Å². The van der Waals surface area contributed by atoms with E-state index in [0.29, 0.717) is 6.54 Å². The van der Waals surface area contributed by atoms with E-state index >= 15 is 0 Å². The van der Waals surface area contributed by atoms with Crippen LogP contribution in [0.4, 0.5) is 0 Å². The Morgan fingerprint density at radius 3 is 2.82 bits per heavy atom. The molecule has 5 atom stereocenters. The average molecular weight is 299 g/mol. The van der Waals surface area contributed by atoms with E-state index in [2.05, 4.69) is 0 Å². The van der Waals surface area contributed by atoms with E-state index < -0.39 is 29.5 Å². The third kappa shape index (κ3) is 1.63. The number of carboxylic acid groups (broad SMARTS) is 1. The van der Waals surface area contributed by atoms with Crippen molar-refractivity contribution in [3.8, 4) is 0 Å². The van der Waals surface area contributed by atoms with Crippen molar-refractivity contribution in [2.75, 3.05) is 6.54 Å². The van der Waals surface area contributed by atoms with E-state index in [1.807, 2.05) is 43.3 Å². The highest BCUT2D eigenvalue weighted by Crippen LogP contribution is 2.53. The SMILES string of the molecule is C[C@H](c1ccccc1)N1C[C@@]23C=C[C@@H](O2)[C@H](C(=O)O)[C@H]3C1=O. The molecule has 4 rings (SSSR count). The molecule has 114 valence electrons. The Morgan fingerprint density at radius 2 is 2.14 bits per heavy atom. The standard InChI is InChI=1S/C17H17NO4/c1-10(11-5-3-2-4-6-11)18-9-17-8-7-12(22-17)13(16(20)21)14(17)15(18)19/h2-8,10,12-14H,9H2,1H3,(H,20,21)/t10-,12-,13+,14+,17-/m1/s1. The minimum atomic E-state index is -0.955. The third-order valence-electron chi connectivity index (χ3n) is 5.16. The molecule has 0 unspecified atom stereocenters. The first kappa shape index (κ1) is 13.5. The first-order valence-corrected chi connectivity index (χ1v) is 7.49. The molecule has 1 aromatic carbocycles. The van der Waals surface area contributed by atoms with Crippen LogP contribution in [0.25, 0.3) is 0 Å². The van der Waals surface area contributed by atoms with Crippen molar-refractivity contribution >= 4 is 11.9 Å². The maximum Gasteiger partial charge on any atom is 0.310 e. The van der Waals surface area contributed by atoms with Crippen LogP contribution in [0.1, 0.15) is 18.5 Å². The maximum absolute atomic E-state index is 12.8. The summed E-state index contributed by atoms with van der Waals surface area (Å²) in [5.74, 6) is -2.45. The van der Waals surface area contributed by atoms with Gasteiger partial charge in [-0.2, -0.15) is 0 Å². The largest absolute Gasteiger partial charge is 0.481 e. The highest BCUT2D eigenvalue weighted by Gasteiger charge is 2.67. The van der Waals surface area contributed by atoms with Crippen molar-refractivity contribution in [3.05, 3.63) is 48.0 Å². The summed E-state index contributed by atoms with van der Waals surface area (Å²) in [5, 5.41) is 9.45. The zero-order chi connectivity index (χ0) is 15.5. The quantitative estimate of drug-likeness (QED) is 0.861. The van der Waals surface area contributed by atoms with Crippen molar-refractivity contribution in [1.29, 1.82) is 0 Å². The number of hydrogen-bond donors (Lipinski definition) is 1. The summed E-state index contributed by atoms with van der Waals surface area (Å²) in [4.78, 5) is 26.1. The van der Waals surface area contributed by atoms with Gasteiger partial charge in [-0.15, -0.1) is 0 Å². The number of fused-ring (bicyclic) bond motifs is 1. The van der Waals surface area contributed by atoms with E-state index in [1.54, 1.807) is 11.0 Å². The number of benzene rings is 1. The van der Waals surface area contributed by atoms with E-state index in [9.17, 15) is 14.7 Å². The Bertz CT molecular complexity index is 670. The molecule has 5 heteroatoms. The van der Waals surface area contributed by atoms with Crippen molar-refractivity contribution in [1.82, 2.24) is 4.90 Å². The van der Waals surface area contributed by atoms with E-state index in [0.717, 1.165) is 5.56 Å². The second-order valence-corrected chi connectivity index (χ2v) is 6.29. The molecule has 1 aromatic rings. The van der Waals surface area contributed by atoms with Gasteiger partial charge >= 0.3 is 5.97 Å². The van der Waals surface area contributed by atoms with Gasteiger partial charge in [-0.1, -0.05) is 42.5 Å². The van der Waals surface area contributed by atoms with Crippen LogP contribution < -0.4 is 0 Å². The molecular formula is C17H17NO4. The molecule has 3 aliphatic rings. The van der Waals surface area contributed by atoms with Gasteiger partial charge in [0.1, 0.15) is 11.5 Å². The van der Waals surface area contributed by atoms with Gasteiger partial charge in [-0.3, -0.25) is 9.59 Å². The van der Waals surface area contributed by atoms with Gasteiger partial charge in [0.25, 0.3) is 0 Å². The zero-order valence-electron chi connectivity index (χ0n) is 12.2. The van der Waals surface area contributed by atoms with Crippen LogP contribution in [0.3, 0.4) is 0 Å². The third-order valence-corrected chi connectivity index (χ3v) is 5.16. The van der Waals surface area contributed by atoms with Gasteiger partial charge in [0.2, 0.25) is 5.91 Å². The second kappa shape index (κ2) is 4.43. The first-order chi connectivity index (χ1) is 10.5. The Kier molecular flexibility index (Phi) is 2.72. The fourth-order valence-electron chi connectivity index (χ4n) is 4.05. The van der Waals surface area contributed by atoms with Gasteiger partial charge in [-0.05, 0) is 12.5 Å². The van der Waals surface area contributed by atoms with E-state index in [4.69, 9.17) is 4.74 Å². The van der Waals surface area contributed by atoms with Crippen molar-refractivity contribution < 1.29 is 19.4 Å². The van der Waals surface area contributed by atoms with Crippen molar-refractivity contribution in [2.45, 2.75) is 24.7 Å². The summed E-state index contributed by atoms with van der Waals surface area (Å²) in [5.41, 5.74) is 0.283. The molecule has 2 fully saturated rings. The minimum Gasteiger partial charge on any atom is -0.481 e. The number of likely N-dealkylation sites (tertiary alicyclic amines) is 1. The van der Waals surface area contributed by atoms with Crippen LogP contribution in [-0.2, 0) is 14.3 Å². The van der Waals surface area contributed by atoms with Crippen LogP contribution in [0.15, 0.2) is 42.5 Å². The fourth-order valence-corrected chi connectivity index (χ4v) is 4.05. The Balaban J connectivity index is 1.68. The number of rotatable bonds is 3. The minimum absolute atomic E-state index is 0.0980. The normalized spacial score (nSPS) is 36.7. The molecule has 0 aromatic heterocycles. The fraction of sp³-hybridized carbons (Fsp3) is 0.412. The number of carbonyl (C=O) groups is 2. The van der Waals surface area contributed by atoms with E-state index in [-0.39, 0.29) is 11.9 Å². The molecule has 0 radical (unpaired) electrons. The summed E-state index contributed by atoms with van der Waals surface area (Å²) >= 11 is 0. The zero-order valence-corrected chi connectivity index (χ0v) is 12.2. The number of carbonyl (C=O) groups excluding carboxylic acids is 1. The number of aliphatic carboxylic acids is 1. The number of nitrogens with zero attached hydrogens (tertiary/aromatic N) is 1. The first-order valence-electron chi connectivity index (χ1n) is 7.49. The average Bonchev–Trinajstić information content (AvgIpc) is 3.15. The lowest BCUT2D eigenvalue weighted by Crippen LogP contribution is -2.39. The molecular weight excluding hydrogens is 282 g/mol. The van der Waals surface area contributed by atoms with Crippen LogP contribution >= 0.6 is 0 Å². The molecule has 22 heavy (non-hydrogen) atoms. The van der Waals surface area contributed by atoms with Crippen LogP contribution in [0.2, 0.25) is 0 Å². The summed E-state index contributed by atoms with van der Waals surface area (Å²) in [6.07, 6.45) is 3.21. The van der Waals surface area contributed by atoms with Gasteiger partial charge in [0.05, 0.1) is 24.6 Å². The highest BCUT2D eigenvalue weighted by molar-refractivity contribution is 5.91. The molecule has 2 bridgehead atoms. The molecule has 1 amide bonds. The molecule has 0 saturated carbocycles. The smallest absolute Gasteiger partial charge is 0.310 e. The van der Waals surface area contributed by atoms with Gasteiger partial charge in [-0.25, -0.2) is 0 Å². The number of hydrogen-bond acceptors (Lipinski definition) is 3. The molecule has 3 heterocycles. The predicted molar refractivity (Wildman–Crippen MR) is 77.9 cm³/mol. The lowest BCUT2D eigenvalue weighted by atomic mass is 9.77. The summed E-state index contributed by atoms with van der Waals surface area (Å²) in [6.45, 7) is 2.39. The Labute approximate surface area is 128 Å². The lowest BCUT2D eigenvalue weighted by Gasteiger charge is -2.27. The van der Waals surface area contributed by atoms with Gasteiger partial charge in [0, 0.05) is 0 Å². The number of ether oxygens (including phenoxy) is 1. The van der Waals surface area contributed by atoms with Crippen molar-refractivity contribution in [3.63, 3.8) is 0 Å². The van der Waals surface area contributed by atoms with E-state index in [1.165, 1.54) is 0 Å². The highest BCUT2D eigenvalue weighted by atomic mass is 16.5. The van der Waals surface area contributed by atoms with Crippen LogP contribution in [-0.4, -0.2) is 40.1 Å². The monoisotopic (exact) mass is 299 g/mol. The Hall–Kier alpha value is -2.14. The topological polar surface area (TPSA) is 66.8 Å². The van der Waals surface area contributed by atoms with Gasteiger partial charge < -0.3 is 14.7 Å². The molecule has 1 spiro atoms.